The smallest absolute Gasteiger partial charge is 0.138 e. The Bertz CT molecular complexity index is 737. The fourth-order valence-corrected chi connectivity index (χ4v) is 5.20. The van der Waals surface area contributed by atoms with Crippen molar-refractivity contribution >= 4 is 28.3 Å². The van der Waals surface area contributed by atoms with E-state index in [1.54, 1.807) is 12.7 Å². The SMILES string of the molecule is COc1cc([N+]2(C)CCC([C@@H]3C[C@H]3c3ccccc3)CC2)ccc1I. The Labute approximate surface area is 164 Å². The zero-order valence-electron chi connectivity index (χ0n) is 15.1. The molecule has 0 spiro atoms. The number of ether oxygens (including phenoxy) is 1. The van der Waals surface area contributed by atoms with Gasteiger partial charge in [-0.05, 0) is 58.4 Å². The summed E-state index contributed by atoms with van der Waals surface area (Å²) in [5.41, 5.74) is 2.95. The molecule has 2 aliphatic rings. The molecule has 3 heteroatoms. The van der Waals surface area contributed by atoms with Gasteiger partial charge in [0.25, 0.3) is 0 Å². The van der Waals surface area contributed by atoms with Gasteiger partial charge in [-0.15, -0.1) is 0 Å². The number of halogens is 1. The third-order valence-corrected chi connectivity index (χ3v) is 7.31. The van der Waals surface area contributed by atoms with Crippen molar-refractivity contribution in [1.29, 1.82) is 0 Å². The zero-order valence-corrected chi connectivity index (χ0v) is 17.3. The van der Waals surface area contributed by atoms with Gasteiger partial charge in [-0.25, -0.2) is 0 Å². The molecule has 2 atom stereocenters. The molecule has 1 saturated carbocycles. The summed E-state index contributed by atoms with van der Waals surface area (Å²) in [5.74, 6) is 3.65. The van der Waals surface area contributed by atoms with Gasteiger partial charge in [-0.1, -0.05) is 30.3 Å². The number of hydrogen-bond donors (Lipinski definition) is 0. The Morgan fingerprint density at radius 2 is 1.76 bits per heavy atom. The summed E-state index contributed by atoms with van der Waals surface area (Å²) in [6.45, 7) is 2.48. The molecule has 4 rings (SSSR count). The molecule has 0 radical (unpaired) electrons. The maximum atomic E-state index is 5.54. The van der Waals surface area contributed by atoms with E-state index in [0.29, 0.717) is 0 Å². The summed E-state index contributed by atoms with van der Waals surface area (Å²) in [4.78, 5) is 0. The molecule has 2 fully saturated rings. The van der Waals surface area contributed by atoms with E-state index in [1.807, 2.05) is 0 Å². The van der Waals surface area contributed by atoms with Crippen molar-refractivity contribution < 1.29 is 4.74 Å². The van der Waals surface area contributed by atoms with Gasteiger partial charge in [0.05, 0.1) is 30.8 Å². The maximum absolute atomic E-state index is 5.54. The molecule has 132 valence electrons. The van der Waals surface area contributed by atoms with Crippen molar-refractivity contribution in [2.24, 2.45) is 11.8 Å². The average Bonchev–Trinajstić information content (AvgIpc) is 3.44. The molecule has 0 unspecified atom stereocenters. The third kappa shape index (κ3) is 3.45. The van der Waals surface area contributed by atoms with Crippen molar-refractivity contribution in [3.63, 3.8) is 0 Å². The normalized spacial score (nSPS) is 31.6. The minimum Gasteiger partial charge on any atom is -0.495 e. The van der Waals surface area contributed by atoms with E-state index in [2.05, 4.69) is 78.2 Å². The fourth-order valence-electron chi connectivity index (χ4n) is 4.65. The van der Waals surface area contributed by atoms with Crippen LogP contribution in [0, 0.1) is 15.4 Å². The Balaban J connectivity index is 1.41. The quantitative estimate of drug-likeness (QED) is 0.447. The van der Waals surface area contributed by atoms with E-state index < -0.39 is 0 Å². The summed E-state index contributed by atoms with van der Waals surface area (Å²) in [7, 11) is 4.16. The van der Waals surface area contributed by atoms with Gasteiger partial charge in [0.2, 0.25) is 0 Å². The number of benzene rings is 2. The predicted octanol–water partition coefficient (Wildman–Crippen LogP) is 5.45. The van der Waals surface area contributed by atoms with E-state index in [0.717, 1.165) is 28.0 Å². The van der Waals surface area contributed by atoms with Gasteiger partial charge in [0.15, 0.2) is 0 Å². The molecule has 0 bridgehead atoms. The highest BCUT2D eigenvalue weighted by molar-refractivity contribution is 14.1. The average molecular weight is 448 g/mol. The van der Waals surface area contributed by atoms with Gasteiger partial charge in [-0.2, -0.15) is 0 Å². The standard InChI is InChI=1S/C22H27INO/c1-24(18-8-9-21(23)22(14-18)25-2)12-10-17(11-13-24)20-15-19(20)16-6-4-3-5-7-16/h3-9,14,17,19-20H,10-13,15H2,1-2H3/q+1/t17?,19-,20-,24?/m0/s1. The lowest BCUT2D eigenvalue weighted by Gasteiger charge is -2.40. The highest BCUT2D eigenvalue weighted by Crippen LogP contribution is 2.54. The molecule has 0 amide bonds. The Morgan fingerprint density at radius 1 is 1.04 bits per heavy atom. The van der Waals surface area contributed by atoms with Gasteiger partial charge >= 0.3 is 0 Å². The van der Waals surface area contributed by atoms with E-state index in [4.69, 9.17) is 4.74 Å². The predicted molar refractivity (Wildman–Crippen MR) is 113 cm³/mol. The molecule has 2 nitrogen and oxygen atoms in total. The minimum atomic E-state index is 0.821. The summed E-state index contributed by atoms with van der Waals surface area (Å²) >= 11 is 2.35. The number of rotatable bonds is 4. The fraction of sp³-hybridized carbons (Fsp3) is 0.455. The van der Waals surface area contributed by atoms with Crippen molar-refractivity contribution in [3.8, 4) is 5.75 Å². The first-order chi connectivity index (χ1) is 12.1. The van der Waals surface area contributed by atoms with Crippen LogP contribution < -0.4 is 9.22 Å². The number of methoxy groups -OCH3 is 1. The summed E-state index contributed by atoms with van der Waals surface area (Å²) in [6.07, 6.45) is 4.09. The molecule has 1 heterocycles. The van der Waals surface area contributed by atoms with Crippen LogP contribution in [0.3, 0.4) is 0 Å². The van der Waals surface area contributed by atoms with Crippen molar-refractivity contribution in [2.45, 2.75) is 25.2 Å². The Hall–Kier alpha value is -1.07. The number of nitrogens with zero attached hydrogens (tertiary/aromatic N) is 1. The molecule has 1 saturated heterocycles. The van der Waals surface area contributed by atoms with E-state index in [-0.39, 0.29) is 0 Å². The van der Waals surface area contributed by atoms with Crippen LogP contribution in [-0.2, 0) is 0 Å². The lowest BCUT2D eigenvalue weighted by Crippen LogP contribution is -2.51. The van der Waals surface area contributed by atoms with Crippen molar-refractivity contribution in [1.82, 2.24) is 4.48 Å². The molecule has 0 aromatic heterocycles. The van der Waals surface area contributed by atoms with Crippen molar-refractivity contribution in [2.75, 3.05) is 27.2 Å². The van der Waals surface area contributed by atoms with Crippen LogP contribution in [0.15, 0.2) is 48.5 Å². The summed E-state index contributed by atoms with van der Waals surface area (Å²) in [5, 5.41) is 0. The second kappa shape index (κ2) is 6.92. The molecule has 1 aliphatic carbocycles. The van der Waals surface area contributed by atoms with Crippen LogP contribution in [-0.4, -0.2) is 27.2 Å². The maximum Gasteiger partial charge on any atom is 0.138 e. The van der Waals surface area contributed by atoms with E-state index in [1.165, 1.54) is 41.6 Å². The first-order valence-electron chi connectivity index (χ1n) is 9.34. The second-order valence-corrected chi connectivity index (χ2v) is 9.08. The molecule has 2 aromatic rings. The molecular formula is C22H27INO+. The van der Waals surface area contributed by atoms with Crippen molar-refractivity contribution in [3.05, 3.63) is 57.7 Å². The Morgan fingerprint density at radius 3 is 2.44 bits per heavy atom. The number of piperidine rings is 1. The van der Waals surface area contributed by atoms with Crippen LogP contribution in [0.2, 0.25) is 0 Å². The summed E-state index contributed by atoms with van der Waals surface area (Å²) < 4.78 is 7.77. The van der Waals surface area contributed by atoms with Crippen LogP contribution >= 0.6 is 22.6 Å². The lowest BCUT2D eigenvalue weighted by atomic mass is 9.88. The number of hydrogen-bond acceptors (Lipinski definition) is 1. The molecule has 25 heavy (non-hydrogen) atoms. The van der Waals surface area contributed by atoms with Gasteiger partial charge < -0.3 is 4.74 Å². The van der Waals surface area contributed by atoms with Gasteiger partial charge in [0.1, 0.15) is 11.4 Å². The molecule has 1 aliphatic heterocycles. The highest BCUT2D eigenvalue weighted by Gasteiger charge is 2.46. The zero-order chi connectivity index (χ0) is 17.4. The van der Waals surface area contributed by atoms with Crippen LogP contribution in [0.25, 0.3) is 0 Å². The van der Waals surface area contributed by atoms with E-state index >= 15 is 0 Å². The van der Waals surface area contributed by atoms with Crippen LogP contribution in [0.4, 0.5) is 5.69 Å². The second-order valence-electron chi connectivity index (χ2n) is 7.92. The van der Waals surface area contributed by atoms with Crippen LogP contribution in [0.5, 0.6) is 5.75 Å². The monoisotopic (exact) mass is 448 g/mol. The first-order valence-corrected chi connectivity index (χ1v) is 10.4. The summed E-state index contributed by atoms with van der Waals surface area (Å²) in [6, 6.07) is 17.8. The minimum absolute atomic E-state index is 0.821. The number of likely N-dealkylation sites (tertiary alicyclic amines) is 1. The van der Waals surface area contributed by atoms with E-state index in [9.17, 15) is 0 Å². The lowest BCUT2D eigenvalue weighted by molar-refractivity contribution is 0.202. The third-order valence-electron chi connectivity index (χ3n) is 6.42. The topological polar surface area (TPSA) is 9.23 Å². The van der Waals surface area contributed by atoms with Gasteiger partial charge in [-0.3, -0.25) is 4.48 Å². The Kier molecular flexibility index (Phi) is 4.80. The highest BCUT2D eigenvalue weighted by atomic mass is 127. The molecular weight excluding hydrogens is 421 g/mol. The number of quaternary nitrogens is 1. The first kappa shape index (κ1) is 17.3. The van der Waals surface area contributed by atoms with Crippen LogP contribution in [0.1, 0.15) is 30.7 Å². The molecule has 0 N–H and O–H groups in total. The largest absolute Gasteiger partial charge is 0.495 e. The van der Waals surface area contributed by atoms with Gasteiger partial charge in [0, 0.05) is 25.0 Å². The molecule has 2 aromatic carbocycles.